The number of nitrogens with zero attached hydrogens (tertiary/aromatic N) is 1. The molecule has 0 radical (unpaired) electrons. The third-order valence-corrected chi connectivity index (χ3v) is 3.32. The molecule has 2 atom stereocenters. The van der Waals surface area contributed by atoms with Crippen molar-refractivity contribution in [3.63, 3.8) is 0 Å². The molecule has 2 unspecified atom stereocenters. The minimum absolute atomic E-state index is 0.00499. The highest BCUT2D eigenvalue weighted by Crippen LogP contribution is 2.23. The Morgan fingerprint density at radius 3 is 2.58 bits per heavy atom. The number of nitrogens with two attached hydrogens (primary N) is 1. The van der Waals surface area contributed by atoms with Gasteiger partial charge in [0, 0.05) is 30.8 Å². The summed E-state index contributed by atoms with van der Waals surface area (Å²) in [6, 6.07) is 5.31. The van der Waals surface area contributed by atoms with Gasteiger partial charge in [-0.1, -0.05) is 0 Å². The molecule has 2 rings (SSSR count). The lowest BCUT2D eigenvalue weighted by atomic mass is 10.1. The molecule has 1 aromatic rings. The fourth-order valence-electron chi connectivity index (χ4n) is 2.29. The molecule has 1 fully saturated rings. The van der Waals surface area contributed by atoms with E-state index in [1.807, 2.05) is 4.90 Å². The maximum Gasteiger partial charge on any atom is 0.123 e. The van der Waals surface area contributed by atoms with Gasteiger partial charge in [0.1, 0.15) is 11.6 Å². The maximum absolute atomic E-state index is 9.54. The Morgan fingerprint density at radius 1 is 1.42 bits per heavy atom. The zero-order valence-corrected chi connectivity index (χ0v) is 10.8. The molecule has 1 aliphatic heterocycles. The van der Waals surface area contributed by atoms with Crippen molar-refractivity contribution >= 4 is 5.84 Å². The molecule has 5 N–H and O–H groups in total. The maximum atomic E-state index is 9.54. The van der Waals surface area contributed by atoms with Crippen LogP contribution in [0.4, 0.5) is 0 Å². The van der Waals surface area contributed by atoms with E-state index in [1.54, 1.807) is 25.3 Å². The fraction of sp³-hybridized carbons (Fsp3) is 0.462. The number of hydrogen-bond donors (Lipinski definition) is 4. The van der Waals surface area contributed by atoms with Crippen LogP contribution in [0.5, 0.6) is 5.75 Å². The molecule has 104 valence electrons. The number of nitrogen functional groups attached to an aromatic ring is 1. The average Bonchev–Trinajstić information content (AvgIpc) is 2.68. The molecule has 0 spiro atoms. The molecule has 0 bridgehead atoms. The van der Waals surface area contributed by atoms with Gasteiger partial charge in [0.15, 0.2) is 0 Å². The molecule has 19 heavy (non-hydrogen) atoms. The first-order chi connectivity index (χ1) is 9.01. The summed E-state index contributed by atoms with van der Waals surface area (Å²) in [5.74, 6) is 0.714. The number of amidine groups is 1. The van der Waals surface area contributed by atoms with Crippen LogP contribution in [0.2, 0.25) is 0 Å². The van der Waals surface area contributed by atoms with Crippen molar-refractivity contribution < 1.29 is 14.9 Å². The van der Waals surface area contributed by atoms with E-state index in [1.165, 1.54) is 0 Å². The number of likely N-dealkylation sites (tertiary alicyclic amines) is 1. The summed E-state index contributed by atoms with van der Waals surface area (Å²) in [7, 11) is 1.58. The van der Waals surface area contributed by atoms with Crippen molar-refractivity contribution in [1.29, 1.82) is 5.41 Å². The summed E-state index contributed by atoms with van der Waals surface area (Å²) in [4.78, 5) is 1.94. The number of ether oxygens (including phenoxy) is 1. The number of β-amino-alcohol motifs (C(OH)–C–C–N with tert-alkyl or cyclic N) is 2. The average molecular weight is 265 g/mol. The van der Waals surface area contributed by atoms with Crippen LogP contribution in [0.15, 0.2) is 18.2 Å². The monoisotopic (exact) mass is 265 g/mol. The number of rotatable bonds is 4. The Morgan fingerprint density at radius 2 is 2.05 bits per heavy atom. The highest BCUT2D eigenvalue weighted by atomic mass is 16.5. The number of benzene rings is 1. The van der Waals surface area contributed by atoms with Crippen molar-refractivity contribution in [1.82, 2.24) is 4.90 Å². The molecule has 1 saturated heterocycles. The van der Waals surface area contributed by atoms with E-state index in [0.717, 1.165) is 5.56 Å². The first-order valence-corrected chi connectivity index (χ1v) is 6.11. The number of methoxy groups -OCH3 is 1. The Hall–Kier alpha value is -1.63. The first-order valence-electron chi connectivity index (χ1n) is 6.11. The highest BCUT2D eigenvalue weighted by molar-refractivity contribution is 5.95. The number of hydrogen-bond acceptors (Lipinski definition) is 5. The largest absolute Gasteiger partial charge is 0.496 e. The van der Waals surface area contributed by atoms with Crippen LogP contribution >= 0.6 is 0 Å². The number of aliphatic hydroxyl groups excluding tert-OH is 2. The molecule has 1 aliphatic rings. The Kier molecular flexibility index (Phi) is 4.04. The predicted molar refractivity (Wildman–Crippen MR) is 71.3 cm³/mol. The zero-order valence-electron chi connectivity index (χ0n) is 10.8. The van der Waals surface area contributed by atoms with Crippen LogP contribution in [0.25, 0.3) is 0 Å². The Labute approximate surface area is 111 Å². The van der Waals surface area contributed by atoms with Gasteiger partial charge >= 0.3 is 0 Å². The second-order valence-electron chi connectivity index (χ2n) is 4.77. The van der Waals surface area contributed by atoms with E-state index >= 15 is 0 Å². The molecule has 0 aromatic heterocycles. The van der Waals surface area contributed by atoms with Crippen LogP contribution in [0.1, 0.15) is 11.1 Å². The van der Waals surface area contributed by atoms with Gasteiger partial charge in [-0.2, -0.15) is 0 Å². The molecule has 0 aliphatic carbocycles. The van der Waals surface area contributed by atoms with Gasteiger partial charge < -0.3 is 20.7 Å². The fourth-order valence-corrected chi connectivity index (χ4v) is 2.29. The lowest BCUT2D eigenvalue weighted by Crippen LogP contribution is -2.22. The third kappa shape index (κ3) is 3.04. The van der Waals surface area contributed by atoms with Crippen LogP contribution in [-0.4, -0.2) is 53.4 Å². The van der Waals surface area contributed by atoms with Gasteiger partial charge in [0.2, 0.25) is 0 Å². The van der Waals surface area contributed by atoms with Crippen molar-refractivity contribution in [2.45, 2.75) is 18.8 Å². The topological polar surface area (TPSA) is 103 Å². The van der Waals surface area contributed by atoms with Gasteiger partial charge in [-0.05, 0) is 18.2 Å². The Balaban J connectivity index is 2.18. The minimum atomic E-state index is -0.706. The zero-order chi connectivity index (χ0) is 14.0. The molecule has 6 nitrogen and oxygen atoms in total. The summed E-state index contributed by atoms with van der Waals surface area (Å²) in [6.45, 7) is 1.39. The van der Waals surface area contributed by atoms with E-state index in [2.05, 4.69) is 0 Å². The van der Waals surface area contributed by atoms with Crippen LogP contribution in [0.3, 0.4) is 0 Å². The van der Waals surface area contributed by atoms with E-state index in [-0.39, 0.29) is 5.84 Å². The van der Waals surface area contributed by atoms with E-state index in [4.69, 9.17) is 15.9 Å². The second kappa shape index (κ2) is 5.56. The smallest absolute Gasteiger partial charge is 0.123 e. The molecule has 1 heterocycles. The SMILES string of the molecule is COc1ccc(C(=N)N)cc1CN1CC(O)C(O)C1. The number of nitrogens with one attached hydrogen (secondary N) is 1. The van der Waals surface area contributed by atoms with Crippen molar-refractivity contribution in [2.24, 2.45) is 5.73 Å². The van der Waals surface area contributed by atoms with E-state index in [0.29, 0.717) is 30.9 Å². The molecule has 6 heteroatoms. The van der Waals surface area contributed by atoms with Gasteiger partial charge in [0.05, 0.1) is 19.3 Å². The first kappa shape index (κ1) is 13.8. The second-order valence-corrected chi connectivity index (χ2v) is 4.77. The molecular formula is C13H19N3O3. The quantitative estimate of drug-likeness (QED) is 0.435. The van der Waals surface area contributed by atoms with Crippen LogP contribution in [-0.2, 0) is 6.54 Å². The van der Waals surface area contributed by atoms with Crippen LogP contribution < -0.4 is 10.5 Å². The summed E-state index contributed by atoms with van der Waals surface area (Å²) in [6.07, 6.45) is -1.41. The third-order valence-electron chi connectivity index (χ3n) is 3.32. The highest BCUT2D eigenvalue weighted by Gasteiger charge is 2.29. The Bertz CT molecular complexity index is 468. The van der Waals surface area contributed by atoms with Gasteiger partial charge in [-0.15, -0.1) is 0 Å². The van der Waals surface area contributed by atoms with Crippen molar-refractivity contribution in [2.75, 3.05) is 20.2 Å². The lowest BCUT2D eigenvalue weighted by molar-refractivity contribution is 0.0572. The van der Waals surface area contributed by atoms with E-state index in [9.17, 15) is 10.2 Å². The minimum Gasteiger partial charge on any atom is -0.496 e. The lowest BCUT2D eigenvalue weighted by Gasteiger charge is -2.17. The van der Waals surface area contributed by atoms with Crippen LogP contribution in [0, 0.1) is 5.41 Å². The van der Waals surface area contributed by atoms with E-state index < -0.39 is 12.2 Å². The van der Waals surface area contributed by atoms with Gasteiger partial charge in [0.25, 0.3) is 0 Å². The summed E-state index contributed by atoms with van der Waals surface area (Å²) >= 11 is 0. The van der Waals surface area contributed by atoms with Gasteiger partial charge in [-0.25, -0.2) is 0 Å². The van der Waals surface area contributed by atoms with Crippen molar-refractivity contribution in [3.05, 3.63) is 29.3 Å². The normalized spacial score (nSPS) is 23.5. The number of aliphatic hydroxyl groups is 2. The molecule has 0 saturated carbocycles. The predicted octanol–water partition coefficient (Wildman–Crippen LogP) is -0.483. The molecular weight excluding hydrogens is 246 g/mol. The molecule has 1 aromatic carbocycles. The summed E-state index contributed by atoms with van der Waals surface area (Å²) < 4.78 is 5.28. The van der Waals surface area contributed by atoms with Gasteiger partial charge in [-0.3, -0.25) is 10.3 Å². The standard InChI is InChI=1S/C13H19N3O3/c1-19-12-3-2-8(13(14)15)4-9(12)5-16-6-10(17)11(18)7-16/h2-4,10-11,17-18H,5-7H2,1H3,(H3,14,15). The molecule has 0 amide bonds. The van der Waals surface area contributed by atoms with Crippen molar-refractivity contribution in [3.8, 4) is 5.75 Å². The summed E-state index contributed by atoms with van der Waals surface area (Å²) in [5, 5.41) is 26.5. The summed E-state index contributed by atoms with van der Waals surface area (Å²) in [5.41, 5.74) is 7.00.